The lowest BCUT2D eigenvalue weighted by Gasteiger charge is -2.38. The van der Waals surface area contributed by atoms with Crippen molar-refractivity contribution in [1.29, 1.82) is 0 Å². The summed E-state index contributed by atoms with van der Waals surface area (Å²) in [4.78, 5) is 42.2. The van der Waals surface area contributed by atoms with Crippen molar-refractivity contribution in [3.63, 3.8) is 0 Å². The van der Waals surface area contributed by atoms with Crippen LogP contribution in [0.4, 0.5) is 0 Å². The number of pyridine rings is 1. The number of amides is 1. The maximum atomic E-state index is 12.5. The summed E-state index contributed by atoms with van der Waals surface area (Å²) in [5.74, 6) is 0.173. The van der Waals surface area contributed by atoms with Crippen molar-refractivity contribution in [2.24, 2.45) is 5.92 Å². The number of rotatable bonds is 6. The van der Waals surface area contributed by atoms with Crippen LogP contribution in [-0.2, 0) is 11.3 Å². The molecule has 2 aromatic heterocycles. The predicted molar refractivity (Wildman–Crippen MR) is 96.5 cm³/mol. The number of hydrogen-bond donors (Lipinski definition) is 3. The number of hydrogen-bond acceptors (Lipinski definition) is 6. The number of aromatic nitrogens is 3. The number of carbonyl (C=O) groups is 1. The summed E-state index contributed by atoms with van der Waals surface area (Å²) >= 11 is 0. The number of methoxy groups -OCH3 is 1. The molecule has 0 radical (unpaired) electrons. The predicted octanol–water partition coefficient (Wildman–Crippen LogP) is -0.123. The fourth-order valence-corrected chi connectivity index (χ4v) is 3.18. The maximum Gasteiger partial charge on any atom is 0.328 e. The van der Waals surface area contributed by atoms with E-state index in [1.807, 2.05) is 6.07 Å². The Labute approximate surface area is 155 Å². The van der Waals surface area contributed by atoms with Gasteiger partial charge in [-0.1, -0.05) is 6.07 Å². The molecule has 0 aliphatic heterocycles. The molecule has 0 bridgehead atoms. The Bertz CT molecular complexity index is 928. The molecule has 1 atom stereocenters. The summed E-state index contributed by atoms with van der Waals surface area (Å²) in [6, 6.07) is 3.19. The van der Waals surface area contributed by atoms with Crippen LogP contribution in [0.1, 0.15) is 30.0 Å². The van der Waals surface area contributed by atoms with Crippen LogP contribution < -0.4 is 21.3 Å². The molecule has 0 aromatic carbocycles. The Morgan fingerprint density at radius 2 is 2.19 bits per heavy atom. The number of aliphatic hydroxyl groups excluding tert-OH is 1. The number of ether oxygens (including phenoxy) is 1. The van der Waals surface area contributed by atoms with E-state index in [0.717, 1.165) is 10.1 Å². The van der Waals surface area contributed by atoms with Gasteiger partial charge in [-0.3, -0.25) is 19.1 Å². The second kappa shape index (κ2) is 7.75. The third-order valence-corrected chi connectivity index (χ3v) is 4.77. The van der Waals surface area contributed by atoms with E-state index < -0.39 is 11.2 Å². The van der Waals surface area contributed by atoms with Crippen molar-refractivity contribution in [3.8, 4) is 5.88 Å². The topological polar surface area (TPSA) is 126 Å². The molecule has 0 spiro atoms. The molecule has 27 heavy (non-hydrogen) atoms. The van der Waals surface area contributed by atoms with Gasteiger partial charge in [0.25, 0.3) is 5.56 Å². The van der Waals surface area contributed by atoms with Crippen LogP contribution in [0.2, 0.25) is 0 Å². The van der Waals surface area contributed by atoms with Crippen molar-refractivity contribution < 1.29 is 14.6 Å². The third-order valence-electron chi connectivity index (χ3n) is 4.77. The van der Waals surface area contributed by atoms with Crippen molar-refractivity contribution in [3.05, 3.63) is 56.5 Å². The summed E-state index contributed by atoms with van der Waals surface area (Å²) in [6.45, 7) is 1.35. The highest BCUT2D eigenvalue weighted by Crippen LogP contribution is 2.38. The highest BCUT2D eigenvalue weighted by Gasteiger charge is 2.35. The van der Waals surface area contributed by atoms with Crippen LogP contribution in [0.3, 0.4) is 0 Å². The van der Waals surface area contributed by atoms with Gasteiger partial charge in [0, 0.05) is 24.0 Å². The van der Waals surface area contributed by atoms with Crippen LogP contribution in [0.5, 0.6) is 5.88 Å². The fourth-order valence-electron chi connectivity index (χ4n) is 3.18. The fraction of sp³-hybridized carbons (Fsp3) is 0.444. The van der Waals surface area contributed by atoms with Gasteiger partial charge in [-0.2, -0.15) is 0 Å². The molecular weight excluding hydrogens is 352 g/mol. The van der Waals surface area contributed by atoms with Crippen LogP contribution in [0.15, 0.2) is 34.1 Å². The standard InChI is InChI=1S/C18H22N4O5/c1-10-8-22(18(26)21-17(10)25)9-14(24)20-16(12-5-13(23)6-12)11-3-4-15(27-2)19-7-11/h3-4,7-8,12-13,16,23H,5-6,9H2,1-2H3,(H,20,24)(H,21,25,26)/t12?,13?,16-/m1/s1. The molecule has 0 unspecified atom stereocenters. The Kier molecular flexibility index (Phi) is 5.41. The summed E-state index contributed by atoms with van der Waals surface area (Å²) in [6.07, 6.45) is 3.77. The van der Waals surface area contributed by atoms with Crippen LogP contribution in [0, 0.1) is 12.8 Å². The maximum absolute atomic E-state index is 12.5. The SMILES string of the molecule is COc1ccc([C@@H](NC(=O)Cn2cc(C)c(=O)[nH]c2=O)C2CC(O)C2)cn1. The molecule has 144 valence electrons. The Morgan fingerprint density at radius 1 is 1.44 bits per heavy atom. The summed E-state index contributed by atoms with van der Waals surface area (Å²) in [5, 5.41) is 12.6. The van der Waals surface area contributed by atoms with Crippen molar-refractivity contribution in [2.75, 3.05) is 7.11 Å². The first kappa shape index (κ1) is 18.8. The Balaban J connectivity index is 1.77. The number of aryl methyl sites for hydroxylation is 1. The van der Waals surface area contributed by atoms with Gasteiger partial charge in [0.15, 0.2) is 0 Å². The Morgan fingerprint density at radius 3 is 2.78 bits per heavy atom. The highest BCUT2D eigenvalue weighted by atomic mass is 16.5. The summed E-state index contributed by atoms with van der Waals surface area (Å²) < 4.78 is 6.21. The van der Waals surface area contributed by atoms with E-state index in [4.69, 9.17) is 4.74 Å². The summed E-state index contributed by atoms with van der Waals surface area (Å²) in [7, 11) is 1.52. The average Bonchev–Trinajstić information content (AvgIpc) is 2.62. The zero-order valence-electron chi connectivity index (χ0n) is 15.1. The molecule has 9 heteroatoms. The first-order valence-electron chi connectivity index (χ1n) is 8.65. The minimum absolute atomic E-state index is 0.0770. The van der Waals surface area contributed by atoms with Crippen LogP contribution >= 0.6 is 0 Å². The first-order chi connectivity index (χ1) is 12.9. The Hall–Kier alpha value is -2.94. The lowest BCUT2D eigenvalue weighted by molar-refractivity contribution is -0.123. The van der Waals surface area contributed by atoms with Gasteiger partial charge < -0.3 is 15.2 Å². The van der Waals surface area contributed by atoms with Gasteiger partial charge in [-0.05, 0) is 31.2 Å². The van der Waals surface area contributed by atoms with Crippen LogP contribution in [0.25, 0.3) is 0 Å². The molecular formula is C18H22N4O5. The van der Waals surface area contributed by atoms with Crippen molar-refractivity contribution in [1.82, 2.24) is 19.9 Å². The molecule has 2 aromatic rings. The average molecular weight is 374 g/mol. The van der Waals surface area contributed by atoms with Gasteiger partial charge in [0.1, 0.15) is 6.54 Å². The lowest BCUT2D eigenvalue weighted by Crippen LogP contribution is -2.43. The van der Waals surface area contributed by atoms with E-state index in [1.54, 1.807) is 19.2 Å². The molecule has 9 nitrogen and oxygen atoms in total. The van der Waals surface area contributed by atoms with Crippen molar-refractivity contribution >= 4 is 5.91 Å². The number of nitrogens with one attached hydrogen (secondary N) is 2. The molecule has 1 fully saturated rings. The first-order valence-corrected chi connectivity index (χ1v) is 8.65. The number of carbonyl (C=O) groups excluding carboxylic acids is 1. The third kappa shape index (κ3) is 4.25. The smallest absolute Gasteiger partial charge is 0.328 e. The zero-order chi connectivity index (χ0) is 19.6. The number of aromatic amines is 1. The zero-order valence-corrected chi connectivity index (χ0v) is 15.1. The van der Waals surface area contributed by atoms with Gasteiger partial charge in [-0.25, -0.2) is 9.78 Å². The summed E-state index contributed by atoms with van der Waals surface area (Å²) in [5.41, 5.74) is 0.0382. The van der Waals surface area contributed by atoms with Crippen molar-refractivity contribution in [2.45, 2.75) is 38.5 Å². The number of aliphatic hydroxyl groups is 1. The highest BCUT2D eigenvalue weighted by molar-refractivity contribution is 5.76. The second-order valence-corrected chi connectivity index (χ2v) is 6.76. The molecule has 1 amide bonds. The second-order valence-electron chi connectivity index (χ2n) is 6.76. The van der Waals surface area contributed by atoms with E-state index in [2.05, 4.69) is 15.3 Å². The minimum Gasteiger partial charge on any atom is -0.481 e. The molecule has 1 saturated carbocycles. The number of H-pyrrole nitrogens is 1. The molecule has 2 heterocycles. The van der Waals surface area contributed by atoms with Gasteiger partial charge in [-0.15, -0.1) is 0 Å². The molecule has 1 aliphatic carbocycles. The molecule has 3 rings (SSSR count). The molecule has 1 aliphatic rings. The van der Waals surface area contributed by atoms with Gasteiger partial charge in [0.2, 0.25) is 11.8 Å². The number of nitrogens with zero attached hydrogens (tertiary/aromatic N) is 2. The normalized spacial score (nSPS) is 19.8. The lowest BCUT2D eigenvalue weighted by atomic mass is 9.75. The van der Waals surface area contributed by atoms with E-state index in [-0.39, 0.29) is 30.5 Å². The molecule has 3 N–H and O–H groups in total. The van der Waals surface area contributed by atoms with Crippen LogP contribution in [-0.4, -0.2) is 38.8 Å². The molecule has 0 saturated heterocycles. The minimum atomic E-state index is -0.637. The van der Waals surface area contributed by atoms with Gasteiger partial charge in [0.05, 0.1) is 19.3 Å². The van der Waals surface area contributed by atoms with E-state index in [0.29, 0.717) is 24.3 Å². The van der Waals surface area contributed by atoms with E-state index in [1.165, 1.54) is 13.3 Å². The van der Waals surface area contributed by atoms with E-state index >= 15 is 0 Å². The van der Waals surface area contributed by atoms with E-state index in [9.17, 15) is 19.5 Å². The largest absolute Gasteiger partial charge is 0.481 e. The van der Waals surface area contributed by atoms with Gasteiger partial charge >= 0.3 is 5.69 Å². The monoisotopic (exact) mass is 374 g/mol. The quantitative estimate of drug-likeness (QED) is 0.647.